The summed E-state index contributed by atoms with van der Waals surface area (Å²) in [5.74, 6) is 1.65. The fraction of sp³-hybridized carbons (Fsp3) is 0.700. The van der Waals surface area contributed by atoms with Gasteiger partial charge in [-0.25, -0.2) is 0 Å². The molecule has 1 amide bonds. The lowest BCUT2D eigenvalue weighted by molar-refractivity contribution is -0.121. The summed E-state index contributed by atoms with van der Waals surface area (Å²) < 4.78 is 2.07. The predicted molar refractivity (Wildman–Crippen MR) is 60.2 cm³/mol. The topological polar surface area (TPSA) is 59.8 Å². The standard InChI is InChI=1S/C10H15ClN4O/c1-6(11)10(16)12-7(2)9-14-13-8-4-3-5-15(8)9/h6-7H,3-5H2,1-2H3,(H,12,16). The van der Waals surface area contributed by atoms with E-state index in [1.54, 1.807) is 6.92 Å². The van der Waals surface area contributed by atoms with Gasteiger partial charge in [-0.2, -0.15) is 0 Å². The zero-order valence-corrected chi connectivity index (χ0v) is 10.2. The van der Waals surface area contributed by atoms with Crippen LogP contribution in [0, 0.1) is 0 Å². The second kappa shape index (κ2) is 4.41. The molecule has 5 nitrogen and oxygen atoms in total. The van der Waals surface area contributed by atoms with Crippen molar-refractivity contribution in [1.29, 1.82) is 0 Å². The summed E-state index contributed by atoms with van der Waals surface area (Å²) in [6.07, 6.45) is 2.07. The first-order valence-electron chi connectivity index (χ1n) is 5.46. The Bertz CT molecular complexity index is 402. The maximum absolute atomic E-state index is 11.4. The van der Waals surface area contributed by atoms with E-state index >= 15 is 0 Å². The number of hydrogen-bond acceptors (Lipinski definition) is 3. The third-order valence-corrected chi connectivity index (χ3v) is 2.94. The third kappa shape index (κ3) is 2.04. The number of nitrogens with zero attached hydrogens (tertiary/aromatic N) is 3. The van der Waals surface area contributed by atoms with Gasteiger partial charge in [0.15, 0.2) is 5.82 Å². The predicted octanol–water partition coefficient (Wildman–Crippen LogP) is 1.03. The molecule has 0 fully saturated rings. The molecule has 2 unspecified atom stereocenters. The summed E-state index contributed by atoms with van der Waals surface area (Å²) in [6.45, 7) is 4.49. The molecule has 2 rings (SSSR count). The van der Waals surface area contributed by atoms with Crippen LogP contribution >= 0.6 is 11.6 Å². The Kier molecular flexibility index (Phi) is 3.14. The zero-order chi connectivity index (χ0) is 11.7. The molecule has 0 saturated carbocycles. The Morgan fingerprint density at radius 2 is 2.25 bits per heavy atom. The minimum Gasteiger partial charge on any atom is -0.345 e. The van der Waals surface area contributed by atoms with Gasteiger partial charge in [-0.1, -0.05) is 0 Å². The molecule has 2 atom stereocenters. The van der Waals surface area contributed by atoms with E-state index in [1.165, 1.54) is 0 Å². The SMILES string of the molecule is CC(Cl)C(=O)NC(C)c1nnc2n1CCC2. The number of halogens is 1. The van der Waals surface area contributed by atoms with Gasteiger partial charge >= 0.3 is 0 Å². The van der Waals surface area contributed by atoms with Gasteiger partial charge in [0, 0.05) is 13.0 Å². The molecule has 0 radical (unpaired) electrons. The summed E-state index contributed by atoms with van der Waals surface area (Å²) in [6, 6.07) is -0.145. The van der Waals surface area contributed by atoms with Crippen molar-refractivity contribution in [2.75, 3.05) is 0 Å². The van der Waals surface area contributed by atoms with Crippen LogP contribution in [0.25, 0.3) is 0 Å². The van der Waals surface area contributed by atoms with Gasteiger partial charge in [0.1, 0.15) is 11.2 Å². The lowest BCUT2D eigenvalue weighted by atomic mass is 10.3. The first-order chi connectivity index (χ1) is 7.59. The molecule has 1 N–H and O–H groups in total. The van der Waals surface area contributed by atoms with Crippen molar-refractivity contribution in [1.82, 2.24) is 20.1 Å². The minimum absolute atomic E-state index is 0.145. The molecule has 1 aromatic heterocycles. The van der Waals surface area contributed by atoms with E-state index in [0.29, 0.717) is 0 Å². The Balaban J connectivity index is 2.09. The van der Waals surface area contributed by atoms with Crippen molar-refractivity contribution in [3.8, 4) is 0 Å². The van der Waals surface area contributed by atoms with Crippen LogP contribution in [0.3, 0.4) is 0 Å². The highest BCUT2D eigenvalue weighted by Gasteiger charge is 2.23. The van der Waals surface area contributed by atoms with E-state index in [9.17, 15) is 4.79 Å². The van der Waals surface area contributed by atoms with E-state index in [0.717, 1.165) is 31.0 Å². The summed E-state index contributed by atoms with van der Waals surface area (Å²) >= 11 is 5.70. The smallest absolute Gasteiger partial charge is 0.238 e. The lowest BCUT2D eigenvalue weighted by Gasteiger charge is -2.14. The Morgan fingerprint density at radius 1 is 1.50 bits per heavy atom. The summed E-state index contributed by atoms with van der Waals surface area (Å²) in [5.41, 5.74) is 0. The van der Waals surface area contributed by atoms with Gasteiger partial charge in [-0.15, -0.1) is 21.8 Å². The number of fused-ring (bicyclic) bond motifs is 1. The summed E-state index contributed by atoms with van der Waals surface area (Å²) in [7, 11) is 0. The van der Waals surface area contributed by atoms with E-state index in [4.69, 9.17) is 11.6 Å². The average molecular weight is 243 g/mol. The van der Waals surface area contributed by atoms with Crippen molar-refractivity contribution in [2.24, 2.45) is 0 Å². The summed E-state index contributed by atoms with van der Waals surface area (Å²) in [5, 5.41) is 10.5. The van der Waals surface area contributed by atoms with Crippen LogP contribution in [0.4, 0.5) is 0 Å². The number of hydrogen-bond donors (Lipinski definition) is 1. The van der Waals surface area contributed by atoms with E-state index < -0.39 is 5.38 Å². The number of carbonyl (C=O) groups excluding carboxylic acids is 1. The first kappa shape index (κ1) is 11.4. The van der Waals surface area contributed by atoms with Crippen molar-refractivity contribution in [3.63, 3.8) is 0 Å². The Morgan fingerprint density at radius 3 is 2.94 bits per heavy atom. The highest BCUT2D eigenvalue weighted by Crippen LogP contribution is 2.18. The molecule has 1 aliphatic rings. The van der Waals surface area contributed by atoms with Gasteiger partial charge < -0.3 is 9.88 Å². The van der Waals surface area contributed by atoms with Crippen molar-refractivity contribution in [3.05, 3.63) is 11.6 Å². The second-order valence-electron chi connectivity index (χ2n) is 4.08. The monoisotopic (exact) mass is 242 g/mol. The number of amides is 1. The van der Waals surface area contributed by atoms with Crippen molar-refractivity contribution >= 4 is 17.5 Å². The highest BCUT2D eigenvalue weighted by molar-refractivity contribution is 6.30. The van der Waals surface area contributed by atoms with Gasteiger partial charge in [0.25, 0.3) is 0 Å². The molecule has 0 aliphatic carbocycles. The van der Waals surface area contributed by atoms with Crippen LogP contribution in [0.2, 0.25) is 0 Å². The molecule has 1 aliphatic heterocycles. The molecule has 0 saturated heterocycles. The van der Waals surface area contributed by atoms with Crippen LogP contribution in [0.5, 0.6) is 0 Å². The van der Waals surface area contributed by atoms with Gasteiger partial charge in [0.2, 0.25) is 5.91 Å². The van der Waals surface area contributed by atoms with Gasteiger partial charge in [0.05, 0.1) is 6.04 Å². The maximum Gasteiger partial charge on any atom is 0.238 e. The number of carbonyl (C=O) groups is 1. The van der Waals surface area contributed by atoms with Gasteiger partial charge in [-0.05, 0) is 20.3 Å². The van der Waals surface area contributed by atoms with Crippen LogP contribution in [0.1, 0.15) is 38.0 Å². The fourth-order valence-corrected chi connectivity index (χ4v) is 1.95. The van der Waals surface area contributed by atoms with Crippen molar-refractivity contribution < 1.29 is 4.79 Å². The molecule has 0 aromatic carbocycles. The minimum atomic E-state index is -0.525. The molecule has 1 aromatic rings. The summed E-state index contributed by atoms with van der Waals surface area (Å²) in [4.78, 5) is 11.4. The molecular formula is C10H15ClN4O. The van der Waals surface area contributed by atoms with Crippen LogP contribution in [-0.2, 0) is 17.8 Å². The lowest BCUT2D eigenvalue weighted by Crippen LogP contribution is -2.33. The van der Waals surface area contributed by atoms with Crippen LogP contribution in [-0.4, -0.2) is 26.0 Å². The largest absolute Gasteiger partial charge is 0.345 e. The molecule has 0 bridgehead atoms. The van der Waals surface area contributed by atoms with Crippen molar-refractivity contribution in [2.45, 2.75) is 44.7 Å². The number of rotatable bonds is 3. The van der Waals surface area contributed by atoms with E-state index in [-0.39, 0.29) is 11.9 Å². The second-order valence-corrected chi connectivity index (χ2v) is 4.73. The number of aromatic nitrogens is 3. The maximum atomic E-state index is 11.4. The Hall–Kier alpha value is -1.10. The van der Waals surface area contributed by atoms with Crippen LogP contribution < -0.4 is 5.32 Å². The highest BCUT2D eigenvalue weighted by atomic mass is 35.5. The van der Waals surface area contributed by atoms with Crippen LogP contribution in [0.15, 0.2) is 0 Å². The molecule has 2 heterocycles. The normalized spacial score (nSPS) is 17.9. The van der Waals surface area contributed by atoms with E-state index in [1.807, 2.05) is 6.92 Å². The quantitative estimate of drug-likeness (QED) is 0.806. The molecule has 88 valence electrons. The molecule has 6 heteroatoms. The zero-order valence-electron chi connectivity index (χ0n) is 9.40. The van der Waals surface area contributed by atoms with Gasteiger partial charge in [-0.3, -0.25) is 4.79 Å². The fourth-order valence-electron chi connectivity index (χ4n) is 1.89. The first-order valence-corrected chi connectivity index (χ1v) is 5.89. The molecule has 0 spiro atoms. The Labute approximate surface area is 99.2 Å². The third-order valence-electron chi connectivity index (χ3n) is 2.75. The molecular weight excluding hydrogens is 228 g/mol. The molecule has 16 heavy (non-hydrogen) atoms. The van der Waals surface area contributed by atoms with E-state index in [2.05, 4.69) is 20.1 Å². The number of nitrogens with one attached hydrogen (secondary N) is 1. The average Bonchev–Trinajstić information content (AvgIpc) is 2.77. The number of aryl methyl sites for hydroxylation is 1. The number of alkyl halides is 1.